The van der Waals surface area contributed by atoms with E-state index in [1.54, 1.807) is 16.9 Å². The van der Waals surface area contributed by atoms with E-state index >= 15 is 0 Å². The number of imidazole rings is 1. The second-order valence-electron chi connectivity index (χ2n) is 3.45. The number of hydrogen-bond donors (Lipinski definition) is 1. The van der Waals surface area contributed by atoms with Gasteiger partial charge in [-0.05, 0) is 18.9 Å². The Hall–Kier alpha value is -1.49. The number of aromatic nitrogens is 4. The Balaban J connectivity index is 2.33. The first-order valence-corrected chi connectivity index (χ1v) is 4.65. The molecule has 0 radical (unpaired) electrons. The molecule has 0 aliphatic carbocycles. The average molecular weight is 191 g/mol. The summed E-state index contributed by atoms with van der Waals surface area (Å²) in [6.07, 6.45) is 5.99. The number of hydrogen-bond acceptors (Lipinski definition) is 4. The maximum Gasteiger partial charge on any atom is 0.250 e. The fourth-order valence-electron chi connectivity index (χ4n) is 1.36. The summed E-state index contributed by atoms with van der Waals surface area (Å²) in [7, 11) is 0. The van der Waals surface area contributed by atoms with Crippen molar-refractivity contribution in [1.29, 1.82) is 0 Å². The zero-order chi connectivity index (χ0) is 9.97. The van der Waals surface area contributed by atoms with E-state index in [1.165, 1.54) is 0 Å². The molecule has 5 heteroatoms. The molecule has 0 aliphatic heterocycles. The van der Waals surface area contributed by atoms with E-state index < -0.39 is 0 Å². The van der Waals surface area contributed by atoms with Gasteiger partial charge in [0.15, 0.2) is 0 Å². The second kappa shape index (κ2) is 3.71. The minimum Gasteiger partial charge on any atom is -0.330 e. The average Bonchev–Trinajstić information content (AvgIpc) is 2.62. The fourth-order valence-corrected chi connectivity index (χ4v) is 1.36. The zero-order valence-corrected chi connectivity index (χ0v) is 8.09. The van der Waals surface area contributed by atoms with Crippen LogP contribution in [0, 0.1) is 5.92 Å². The van der Waals surface area contributed by atoms with Crippen LogP contribution in [0.3, 0.4) is 0 Å². The van der Waals surface area contributed by atoms with Gasteiger partial charge in [0.2, 0.25) is 0 Å². The molecule has 5 nitrogen and oxygen atoms in total. The predicted octanol–water partition coefficient (Wildman–Crippen LogP) is 0.262. The fraction of sp³-hybridized carbons (Fsp3) is 0.444. The minimum atomic E-state index is 0.442. The van der Waals surface area contributed by atoms with Gasteiger partial charge in [-0.1, -0.05) is 6.92 Å². The highest BCUT2D eigenvalue weighted by molar-refractivity contribution is 5.27. The molecule has 0 saturated heterocycles. The normalized spacial score (nSPS) is 13.3. The van der Waals surface area contributed by atoms with Crippen molar-refractivity contribution in [2.45, 2.75) is 13.3 Å². The third-order valence-electron chi connectivity index (χ3n) is 2.19. The predicted molar refractivity (Wildman–Crippen MR) is 52.7 cm³/mol. The van der Waals surface area contributed by atoms with Crippen LogP contribution < -0.4 is 5.73 Å². The molecule has 74 valence electrons. The molecule has 2 heterocycles. The van der Waals surface area contributed by atoms with Gasteiger partial charge in [0.1, 0.15) is 0 Å². The molecule has 1 atom stereocenters. The monoisotopic (exact) mass is 191 g/mol. The summed E-state index contributed by atoms with van der Waals surface area (Å²) in [6, 6.07) is 0. The van der Waals surface area contributed by atoms with E-state index in [0.29, 0.717) is 18.2 Å². The van der Waals surface area contributed by atoms with Crippen LogP contribution in [0.4, 0.5) is 0 Å². The Kier molecular flexibility index (Phi) is 2.41. The van der Waals surface area contributed by atoms with Crippen LogP contribution in [-0.4, -0.2) is 26.1 Å². The minimum absolute atomic E-state index is 0.442. The van der Waals surface area contributed by atoms with E-state index in [2.05, 4.69) is 22.0 Å². The molecular formula is C9H13N5. The van der Waals surface area contributed by atoms with E-state index in [4.69, 9.17) is 5.73 Å². The highest BCUT2D eigenvalue weighted by Gasteiger charge is 2.07. The van der Waals surface area contributed by atoms with Gasteiger partial charge in [0.25, 0.3) is 5.78 Å². The maximum absolute atomic E-state index is 5.57. The first-order valence-electron chi connectivity index (χ1n) is 4.65. The molecule has 14 heavy (non-hydrogen) atoms. The molecule has 2 N–H and O–H groups in total. The van der Waals surface area contributed by atoms with E-state index in [-0.39, 0.29) is 0 Å². The maximum atomic E-state index is 5.57. The molecule has 0 bridgehead atoms. The lowest BCUT2D eigenvalue weighted by Gasteiger charge is -2.05. The van der Waals surface area contributed by atoms with Crippen molar-refractivity contribution in [3.63, 3.8) is 0 Å². The summed E-state index contributed by atoms with van der Waals surface area (Å²) < 4.78 is 1.76. The van der Waals surface area contributed by atoms with Crippen molar-refractivity contribution in [3.8, 4) is 0 Å². The van der Waals surface area contributed by atoms with E-state index in [1.807, 2.05) is 6.20 Å². The quantitative estimate of drug-likeness (QED) is 0.755. The van der Waals surface area contributed by atoms with Crippen molar-refractivity contribution in [2.24, 2.45) is 11.7 Å². The lowest BCUT2D eigenvalue weighted by Crippen LogP contribution is -2.14. The first-order chi connectivity index (χ1) is 6.81. The standard InChI is InChI=1S/C9H13N5/c1-7(5-10)4-8-6-12-9-11-2-3-13-14(8)9/h2-3,6-7H,4-5,10H2,1H3. The molecular weight excluding hydrogens is 178 g/mol. The summed E-state index contributed by atoms with van der Waals surface area (Å²) in [4.78, 5) is 8.25. The Bertz CT molecular complexity index is 422. The van der Waals surface area contributed by atoms with Crippen LogP contribution >= 0.6 is 0 Å². The van der Waals surface area contributed by atoms with E-state index in [0.717, 1.165) is 12.1 Å². The van der Waals surface area contributed by atoms with Crippen LogP contribution in [0.5, 0.6) is 0 Å². The molecule has 0 aromatic carbocycles. The molecule has 0 aliphatic rings. The molecule has 0 amide bonds. The second-order valence-corrected chi connectivity index (χ2v) is 3.45. The summed E-state index contributed by atoms with van der Waals surface area (Å²) in [5.74, 6) is 1.09. The summed E-state index contributed by atoms with van der Waals surface area (Å²) in [5.41, 5.74) is 6.63. The molecule has 0 fully saturated rings. The van der Waals surface area contributed by atoms with Gasteiger partial charge in [0.05, 0.1) is 24.3 Å². The van der Waals surface area contributed by atoms with Crippen molar-refractivity contribution in [1.82, 2.24) is 19.6 Å². The van der Waals surface area contributed by atoms with Crippen LogP contribution in [0.15, 0.2) is 18.6 Å². The summed E-state index contributed by atoms with van der Waals surface area (Å²) >= 11 is 0. The molecule has 2 rings (SSSR count). The molecule has 1 unspecified atom stereocenters. The Morgan fingerprint density at radius 1 is 1.43 bits per heavy atom. The van der Waals surface area contributed by atoms with Gasteiger partial charge in [0, 0.05) is 0 Å². The summed E-state index contributed by atoms with van der Waals surface area (Å²) in [6.45, 7) is 2.78. The number of fused-ring (bicyclic) bond motifs is 1. The number of nitrogens with two attached hydrogens (primary N) is 1. The van der Waals surface area contributed by atoms with E-state index in [9.17, 15) is 0 Å². The summed E-state index contributed by atoms with van der Waals surface area (Å²) in [5, 5.41) is 4.18. The highest BCUT2D eigenvalue weighted by Crippen LogP contribution is 2.07. The topological polar surface area (TPSA) is 69.1 Å². The third kappa shape index (κ3) is 1.58. The lowest BCUT2D eigenvalue weighted by atomic mass is 10.1. The van der Waals surface area contributed by atoms with Gasteiger partial charge >= 0.3 is 0 Å². The Morgan fingerprint density at radius 3 is 3.07 bits per heavy atom. The molecule has 0 saturated carbocycles. The van der Waals surface area contributed by atoms with Gasteiger partial charge in [-0.25, -0.2) is 14.5 Å². The molecule has 2 aromatic rings. The Morgan fingerprint density at radius 2 is 2.29 bits per heavy atom. The van der Waals surface area contributed by atoms with Crippen LogP contribution in [0.25, 0.3) is 5.78 Å². The highest BCUT2D eigenvalue weighted by atomic mass is 15.3. The molecule has 2 aromatic heterocycles. The zero-order valence-electron chi connectivity index (χ0n) is 8.09. The molecule has 0 spiro atoms. The van der Waals surface area contributed by atoms with Gasteiger partial charge < -0.3 is 5.73 Å². The van der Waals surface area contributed by atoms with Crippen molar-refractivity contribution >= 4 is 5.78 Å². The first kappa shape index (κ1) is 9.08. The number of rotatable bonds is 3. The number of nitrogens with zero attached hydrogens (tertiary/aromatic N) is 4. The van der Waals surface area contributed by atoms with Crippen LogP contribution in [0.2, 0.25) is 0 Å². The van der Waals surface area contributed by atoms with Crippen LogP contribution in [-0.2, 0) is 6.42 Å². The van der Waals surface area contributed by atoms with Crippen molar-refractivity contribution < 1.29 is 0 Å². The van der Waals surface area contributed by atoms with Gasteiger partial charge in [-0.2, -0.15) is 5.10 Å². The van der Waals surface area contributed by atoms with Gasteiger partial charge in [-0.3, -0.25) is 0 Å². The Labute approximate surface area is 82.0 Å². The lowest BCUT2D eigenvalue weighted by molar-refractivity contribution is 0.575. The van der Waals surface area contributed by atoms with Crippen molar-refractivity contribution in [3.05, 3.63) is 24.3 Å². The SMILES string of the molecule is CC(CN)Cc1cnc2nccnn12. The van der Waals surface area contributed by atoms with Gasteiger partial charge in [-0.15, -0.1) is 0 Å². The van der Waals surface area contributed by atoms with Crippen molar-refractivity contribution in [2.75, 3.05) is 6.54 Å². The van der Waals surface area contributed by atoms with Crippen LogP contribution in [0.1, 0.15) is 12.6 Å². The largest absolute Gasteiger partial charge is 0.330 e. The smallest absolute Gasteiger partial charge is 0.250 e. The third-order valence-corrected chi connectivity index (χ3v) is 2.19.